The maximum atomic E-state index is 8.12. The highest BCUT2D eigenvalue weighted by molar-refractivity contribution is 5.20. The minimum atomic E-state index is 0.250. The van der Waals surface area contributed by atoms with Crippen molar-refractivity contribution in [2.24, 2.45) is 0 Å². The van der Waals surface area contributed by atoms with Crippen LogP contribution in [-0.4, -0.2) is 12.3 Å². The molecule has 0 aromatic heterocycles. The molecule has 0 aromatic rings. The minimum Gasteiger partial charge on any atom is -0.186 e. The lowest BCUT2D eigenvalue weighted by atomic mass is 11.0. The van der Waals surface area contributed by atoms with Crippen molar-refractivity contribution in [3.05, 3.63) is 0 Å². The van der Waals surface area contributed by atoms with Gasteiger partial charge in [0.1, 0.15) is 0 Å². The van der Waals surface area contributed by atoms with Crippen LogP contribution in [0.1, 0.15) is 27.7 Å². The van der Waals surface area contributed by atoms with Gasteiger partial charge >= 0.3 is 12.3 Å². The molecule has 0 aliphatic carbocycles. The third-order valence-corrected chi connectivity index (χ3v) is 0. The van der Waals surface area contributed by atoms with Crippen molar-refractivity contribution >= 4 is 12.3 Å². The number of hydrogen-bond acceptors (Lipinski definition) is 4. The highest BCUT2D eigenvalue weighted by Crippen LogP contribution is 1.15. The lowest BCUT2D eigenvalue weighted by Gasteiger charge is -1.07. The summed E-state index contributed by atoms with van der Waals surface area (Å²) in [6.07, 6.45) is 0.500. The van der Waals surface area contributed by atoms with Gasteiger partial charge in [-0.2, -0.15) is 19.2 Å². The van der Waals surface area contributed by atoms with E-state index < -0.39 is 0 Å². The van der Waals surface area contributed by atoms with Gasteiger partial charge in [0.25, 0.3) is 0 Å². The van der Waals surface area contributed by atoms with Crippen LogP contribution in [0.2, 0.25) is 0 Å². The second kappa shape index (κ2) is 614. The monoisotopic (exact) mass is 148 g/mol. The van der Waals surface area contributed by atoms with Crippen molar-refractivity contribution < 1.29 is 19.2 Å². The van der Waals surface area contributed by atoms with E-state index in [9.17, 15) is 0 Å². The first-order valence-corrected chi connectivity index (χ1v) is 2.82. The topological polar surface area (TPSA) is 68.3 Å². The fourth-order valence-electron chi connectivity index (χ4n) is 0. The van der Waals surface area contributed by atoms with E-state index in [0.717, 1.165) is 0 Å². The van der Waals surface area contributed by atoms with Gasteiger partial charge < -0.3 is 0 Å². The van der Waals surface area contributed by atoms with Crippen LogP contribution in [0.5, 0.6) is 0 Å². The van der Waals surface area contributed by atoms with Crippen molar-refractivity contribution in [3.63, 3.8) is 0 Å². The Labute approximate surface area is 60.2 Å². The molecule has 0 unspecified atom stereocenters. The lowest BCUT2D eigenvalue weighted by molar-refractivity contribution is -0.193. The maximum absolute atomic E-state index is 8.12. The van der Waals surface area contributed by atoms with Gasteiger partial charge in [0, 0.05) is 0 Å². The highest BCUT2D eigenvalue weighted by Gasteiger charge is 1.13. The molecular weight excluding hydrogens is 136 g/mol. The van der Waals surface area contributed by atoms with E-state index in [1.54, 1.807) is 0 Å². The van der Waals surface area contributed by atoms with Crippen LogP contribution in [0.15, 0.2) is 0 Å². The van der Waals surface area contributed by atoms with Crippen LogP contribution in [-0.2, 0) is 19.2 Å². The Balaban J connectivity index is -0.0000000246. The van der Waals surface area contributed by atoms with Crippen LogP contribution in [0.3, 0.4) is 0 Å². The minimum absolute atomic E-state index is 0.250. The van der Waals surface area contributed by atoms with E-state index in [1.165, 1.54) is 0 Å². The Kier molecular flexibility index (Phi) is 1430. The van der Waals surface area contributed by atoms with E-state index in [1.807, 2.05) is 27.7 Å². The predicted octanol–water partition coefficient (Wildman–Crippen LogP) is 0.885. The zero-order valence-electron chi connectivity index (χ0n) is 6.63. The fraction of sp³-hybridized carbons (Fsp3) is 0.667. The van der Waals surface area contributed by atoms with E-state index in [4.69, 9.17) is 19.2 Å². The Morgan fingerprint density at radius 2 is 0.600 bits per heavy atom. The van der Waals surface area contributed by atoms with Crippen molar-refractivity contribution in [2.45, 2.75) is 27.7 Å². The first-order chi connectivity index (χ1) is 4.83. The summed E-state index contributed by atoms with van der Waals surface area (Å²) in [7, 11) is 0. The van der Waals surface area contributed by atoms with Gasteiger partial charge in [-0.1, -0.05) is 27.7 Å². The van der Waals surface area contributed by atoms with Gasteiger partial charge in [-0.25, -0.2) is 0 Å². The van der Waals surface area contributed by atoms with Gasteiger partial charge in [-0.05, 0) is 0 Å². The summed E-state index contributed by atoms with van der Waals surface area (Å²) in [4.78, 5) is 32.5. The Bertz CT molecular complexity index is 63.7. The molecule has 0 fully saturated rings. The second-order valence-corrected chi connectivity index (χ2v) is 0.167. The molecule has 0 amide bonds. The summed E-state index contributed by atoms with van der Waals surface area (Å²) in [5, 5.41) is 0. The molecule has 0 atom stereocenters. The molecule has 0 aliphatic rings. The van der Waals surface area contributed by atoms with Crippen LogP contribution in [0, 0.1) is 0 Å². The molecule has 0 rings (SSSR count). The molecule has 0 N–H and O–H groups in total. The molecule has 0 bridgehead atoms. The van der Waals surface area contributed by atoms with Crippen molar-refractivity contribution in [2.75, 3.05) is 0 Å². The SMILES string of the molecule is CC.CC.O=C=O.O=C=O. The van der Waals surface area contributed by atoms with Crippen LogP contribution in [0.25, 0.3) is 0 Å². The largest absolute Gasteiger partial charge is 0.373 e. The predicted molar refractivity (Wildman–Crippen MR) is 32.7 cm³/mol. The summed E-state index contributed by atoms with van der Waals surface area (Å²) in [5.41, 5.74) is 0. The third kappa shape index (κ3) is 146. The molecule has 60 valence electrons. The molecule has 0 radical (unpaired) electrons. The summed E-state index contributed by atoms with van der Waals surface area (Å²) < 4.78 is 0. The molecule has 0 saturated carbocycles. The fourth-order valence-corrected chi connectivity index (χ4v) is 0. The first kappa shape index (κ1) is 23.3. The Morgan fingerprint density at radius 1 is 0.600 bits per heavy atom. The van der Waals surface area contributed by atoms with Crippen LogP contribution in [0.4, 0.5) is 0 Å². The molecule has 10 heavy (non-hydrogen) atoms. The lowest BCUT2D eigenvalue weighted by Crippen LogP contribution is -1.22. The van der Waals surface area contributed by atoms with E-state index in [2.05, 4.69) is 0 Å². The van der Waals surface area contributed by atoms with Crippen molar-refractivity contribution in [1.29, 1.82) is 0 Å². The quantitative estimate of drug-likeness (QED) is 0.511. The van der Waals surface area contributed by atoms with Gasteiger partial charge in [0.15, 0.2) is 0 Å². The van der Waals surface area contributed by atoms with E-state index in [-0.39, 0.29) is 12.3 Å². The van der Waals surface area contributed by atoms with Gasteiger partial charge in [-0.15, -0.1) is 0 Å². The van der Waals surface area contributed by atoms with Crippen molar-refractivity contribution in [1.82, 2.24) is 0 Å². The second-order valence-electron chi connectivity index (χ2n) is 0.167. The average molecular weight is 148 g/mol. The summed E-state index contributed by atoms with van der Waals surface area (Å²) in [6, 6.07) is 0. The number of hydrogen-bond donors (Lipinski definition) is 0. The zero-order valence-corrected chi connectivity index (χ0v) is 6.63. The highest BCUT2D eigenvalue weighted by atomic mass is 16.2. The normalized spacial score (nSPS) is 2.80. The molecule has 0 aliphatic heterocycles. The van der Waals surface area contributed by atoms with Crippen LogP contribution < -0.4 is 0 Å². The third-order valence-electron chi connectivity index (χ3n) is 0. The number of rotatable bonds is 0. The Morgan fingerprint density at radius 3 is 0.600 bits per heavy atom. The van der Waals surface area contributed by atoms with Gasteiger partial charge in [0.05, 0.1) is 0 Å². The average Bonchev–Trinajstić information content (AvgIpc) is 1.99. The summed E-state index contributed by atoms with van der Waals surface area (Å²) in [6.45, 7) is 8.00. The van der Waals surface area contributed by atoms with Crippen LogP contribution >= 0.6 is 0 Å². The standard InChI is InChI=1S/2C2H6.2CO2/c2*1-2;2*2-1-3/h2*1-2H3;;. The molecule has 0 heterocycles. The summed E-state index contributed by atoms with van der Waals surface area (Å²) in [5.74, 6) is 0. The van der Waals surface area contributed by atoms with E-state index >= 15 is 0 Å². The van der Waals surface area contributed by atoms with E-state index in [0.29, 0.717) is 0 Å². The smallest absolute Gasteiger partial charge is 0.186 e. The molecule has 4 heteroatoms. The first-order valence-electron chi connectivity index (χ1n) is 2.82. The zero-order chi connectivity index (χ0) is 9.41. The molecule has 0 saturated heterocycles. The maximum Gasteiger partial charge on any atom is 0.373 e. The Hall–Kier alpha value is -1.24. The number of carbonyl (C=O) groups excluding carboxylic acids is 4. The molecule has 4 nitrogen and oxygen atoms in total. The molecular formula is C6H12O4. The molecule has 0 spiro atoms. The van der Waals surface area contributed by atoms with Gasteiger partial charge in [-0.3, -0.25) is 0 Å². The van der Waals surface area contributed by atoms with Crippen molar-refractivity contribution in [3.8, 4) is 0 Å². The van der Waals surface area contributed by atoms with Gasteiger partial charge in [0.2, 0.25) is 0 Å². The summed E-state index contributed by atoms with van der Waals surface area (Å²) >= 11 is 0. The molecule has 0 aromatic carbocycles.